The van der Waals surface area contributed by atoms with Gasteiger partial charge in [0.2, 0.25) is 5.96 Å². The maximum atomic E-state index is 7.49. The molecule has 3 rings (SSSR count). The molecule has 5 N–H and O–H groups in total. The van der Waals surface area contributed by atoms with Gasteiger partial charge in [0, 0.05) is 25.9 Å². The number of benzene rings is 1. The molecule has 2 aliphatic rings. The highest BCUT2D eigenvalue weighted by Crippen LogP contribution is 2.23. The molecule has 206 valence electrons. The van der Waals surface area contributed by atoms with Crippen LogP contribution in [0.25, 0.3) is 0 Å². The lowest BCUT2D eigenvalue weighted by atomic mass is 9.92. The summed E-state index contributed by atoms with van der Waals surface area (Å²) >= 11 is 0.750. The van der Waals surface area contributed by atoms with Gasteiger partial charge in [-0.15, -0.1) is 5.10 Å². The van der Waals surface area contributed by atoms with Gasteiger partial charge in [0.25, 0.3) is 0 Å². The van der Waals surface area contributed by atoms with Crippen molar-refractivity contribution in [1.29, 1.82) is 0 Å². The topological polar surface area (TPSA) is 104 Å². The molecule has 0 amide bonds. The van der Waals surface area contributed by atoms with Crippen molar-refractivity contribution in [2.75, 3.05) is 52.1 Å². The van der Waals surface area contributed by atoms with Crippen LogP contribution < -0.4 is 16.3 Å². The summed E-state index contributed by atoms with van der Waals surface area (Å²) in [5.74, 6) is 8.37. The molecule has 2 heterocycles. The van der Waals surface area contributed by atoms with E-state index in [1.165, 1.54) is 55.0 Å². The molecule has 0 bridgehead atoms. The molecule has 36 heavy (non-hydrogen) atoms. The molecule has 0 aliphatic carbocycles. The molecule has 2 aliphatic heterocycles. The van der Waals surface area contributed by atoms with E-state index in [1.807, 2.05) is 0 Å². The smallest absolute Gasteiger partial charge is 0.215 e. The number of hydrogen-bond acceptors (Lipinski definition) is 7. The van der Waals surface area contributed by atoms with Gasteiger partial charge in [-0.1, -0.05) is 26.3 Å². The van der Waals surface area contributed by atoms with Crippen LogP contribution in [-0.2, 0) is 12.8 Å². The highest BCUT2D eigenvalue weighted by molar-refractivity contribution is 7.93. The maximum Gasteiger partial charge on any atom is 0.215 e. The van der Waals surface area contributed by atoms with Gasteiger partial charge in [0.15, 0.2) is 0 Å². The van der Waals surface area contributed by atoms with Crippen LogP contribution >= 0.6 is 12.0 Å². The third-order valence-corrected chi connectivity index (χ3v) is 7.12. The minimum atomic E-state index is 0.555. The van der Waals surface area contributed by atoms with E-state index >= 15 is 0 Å². The van der Waals surface area contributed by atoms with Gasteiger partial charge in [0.05, 0.1) is 13.2 Å². The van der Waals surface area contributed by atoms with Crippen LogP contribution in [0.5, 0.6) is 5.75 Å². The summed E-state index contributed by atoms with van der Waals surface area (Å²) in [7, 11) is 0. The van der Waals surface area contributed by atoms with Crippen LogP contribution in [0.4, 0.5) is 0 Å². The van der Waals surface area contributed by atoms with E-state index in [4.69, 9.17) is 20.9 Å². The third-order valence-electron chi connectivity index (χ3n) is 7.12. The fourth-order valence-corrected chi connectivity index (χ4v) is 5.05. The number of likely N-dealkylation sites (tertiary alicyclic amines) is 2. The second-order valence-electron chi connectivity index (χ2n) is 9.81. The van der Waals surface area contributed by atoms with Crippen LogP contribution in [-0.4, -0.2) is 77.6 Å². The van der Waals surface area contributed by atoms with E-state index in [-0.39, 0.29) is 0 Å². The Morgan fingerprint density at radius 3 is 2.50 bits per heavy atom. The standard InChI is InChI=1S/C26H46N6O.CH4OS/c1-3-8-24-21-25(11-10-23(24)4-2)33-20-7-9-22-12-16-31(17-13-22)26(27)29-32(28)19-18-30-14-5-6-15-30;1-3-2/h10-11,21-22H,3-9,12-20,28H2,1-2H3,(H2,27,29);2H,1H3. The lowest BCUT2D eigenvalue weighted by Gasteiger charge is -2.33. The minimum Gasteiger partial charge on any atom is -0.494 e. The molecule has 0 unspecified atom stereocenters. The van der Waals surface area contributed by atoms with Crippen molar-refractivity contribution in [2.45, 2.75) is 71.6 Å². The number of guanidine groups is 1. The number of ether oxygens (including phenoxy) is 1. The zero-order valence-corrected chi connectivity index (χ0v) is 23.6. The number of hydrogen-bond donors (Lipinski definition) is 3. The van der Waals surface area contributed by atoms with Crippen molar-refractivity contribution < 1.29 is 9.29 Å². The molecule has 2 saturated heterocycles. The summed E-state index contributed by atoms with van der Waals surface area (Å²) in [5, 5.41) is 5.92. The molecule has 0 aromatic heterocycles. The zero-order chi connectivity index (χ0) is 26.2. The average Bonchev–Trinajstić information content (AvgIpc) is 3.40. The Morgan fingerprint density at radius 2 is 1.86 bits per heavy atom. The van der Waals surface area contributed by atoms with Crippen LogP contribution in [0.1, 0.15) is 69.9 Å². The summed E-state index contributed by atoms with van der Waals surface area (Å²) in [6.07, 6.45) is 12.2. The van der Waals surface area contributed by atoms with Crippen molar-refractivity contribution >= 4 is 18.0 Å². The monoisotopic (exact) mass is 522 g/mol. The zero-order valence-electron chi connectivity index (χ0n) is 22.8. The molecule has 1 aromatic rings. The molecule has 0 spiro atoms. The Kier molecular flexibility index (Phi) is 15.0. The van der Waals surface area contributed by atoms with Crippen molar-refractivity contribution in [3.05, 3.63) is 29.3 Å². The van der Waals surface area contributed by atoms with Gasteiger partial charge in [-0.05, 0) is 106 Å². The van der Waals surface area contributed by atoms with Crippen LogP contribution in [0.3, 0.4) is 0 Å². The van der Waals surface area contributed by atoms with Crippen LogP contribution in [0.2, 0.25) is 0 Å². The van der Waals surface area contributed by atoms with E-state index in [2.05, 4.69) is 46.9 Å². The molecule has 1 aromatic carbocycles. The number of nitrogens with zero attached hydrogens (tertiary/aromatic N) is 4. The Hall–Kier alpha value is -1.68. The first-order chi connectivity index (χ1) is 17.5. The Morgan fingerprint density at radius 1 is 1.17 bits per heavy atom. The van der Waals surface area contributed by atoms with Gasteiger partial charge >= 0.3 is 0 Å². The van der Waals surface area contributed by atoms with Gasteiger partial charge < -0.3 is 24.8 Å². The van der Waals surface area contributed by atoms with Crippen LogP contribution in [0, 0.1) is 5.92 Å². The van der Waals surface area contributed by atoms with Crippen molar-refractivity contribution in [1.82, 2.24) is 14.9 Å². The minimum absolute atomic E-state index is 0.555. The molecular formula is C27H50N6O2S. The first-order valence-corrected chi connectivity index (χ1v) is 14.9. The lowest BCUT2D eigenvalue weighted by Crippen LogP contribution is -2.45. The summed E-state index contributed by atoms with van der Waals surface area (Å²) in [6, 6.07) is 6.61. The highest BCUT2D eigenvalue weighted by atomic mass is 32.2. The predicted octanol–water partition coefficient (Wildman–Crippen LogP) is 4.40. The molecule has 9 heteroatoms. The lowest BCUT2D eigenvalue weighted by molar-refractivity contribution is 0.214. The van der Waals surface area contributed by atoms with Gasteiger partial charge in [0.1, 0.15) is 5.75 Å². The molecule has 2 fully saturated rings. The predicted molar refractivity (Wildman–Crippen MR) is 153 cm³/mol. The number of hydrazone groups is 1. The van der Waals surface area contributed by atoms with Gasteiger partial charge in [-0.3, -0.25) is 0 Å². The Balaban J connectivity index is 0.00000145. The summed E-state index contributed by atoms with van der Waals surface area (Å²) in [6.45, 7) is 11.2. The summed E-state index contributed by atoms with van der Waals surface area (Å²) < 4.78 is 13.6. The van der Waals surface area contributed by atoms with Gasteiger partial charge in [-0.25, -0.2) is 11.0 Å². The molecular weight excluding hydrogens is 472 g/mol. The average molecular weight is 523 g/mol. The van der Waals surface area contributed by atoms with Crippen molar-refractivity contribution in [3.63, 3.8) is 0 Å². The fraction of sp³-hybridized carbons (Fsp3) is 0.741. The van der Waals surface area contributed by atoms with E-state index in [9.17, 15) is 0 Å². The second kappa shape index (κ2) is 17.7. The van der Waals surface area contributed by atoms with Crippen LogP contribution in [0.15, 0.2) is 23.3 Å². The SMILES string of the molecule is CCCc1cc(OCCCC2CCN(/C(N)=N/N(N)CCN3CCCC3)CC2)ccc1CC.CSO. The molecule has 0 radical (unpaired) electrons. The Bertz CT molecular complexity index is 752. The third kappa shape index (κ3) is 11.2. The van der Waals surface area contributed by atoms with E-state index in [1.54, 1.807) is 6.26 Å². The quantitative estimate of drug-likeness (QED) is 0.0927. The van der Waals surface area contributed by atoms with Crippen molar-refractivity contribution in [2.24, 2.45) is 22.6 Å². The number of rotatable bonds is 12. The molecule has 0 atom stereocenters. The first kappa shape index (κ1) is 30.5. The van der Waals surface area contributed by atoms with Gasteiger partial charge in [-0.2, -0.15) is 0 Å². The van der Waals surface area contributed by atoms with Crippen molar-refractivity contribution in [3.8, 4) is 5.75 Å². The second-order valence-corrected chi connectivity index (χ2v) is 10.2. The van der Waals surface area contributed by atoms with E-state index < -0.39 is 0 Å². The number of piperidine rings is 1. The number of hydrazine groups is 1. The summed E-state index contributed by atoms with van der Waals surface area (Å²) in [4.78, 5) is 4.61. The molecule has 0 saturated carbocycles. The normalized spacial score (nSPS) is 17.1. The number of aryl methyl sites for hydroxylation is 2. The Labute approximate surface area is 223 Å². The highest BCUT2D eigenvalue weighted by Gasteiger charge is 2.21. The largest absolute Gasteiger partial charge is 0.494 e. The van der Waals surface area contributed by atoms with E-state index in [0.29, 0.717) is 5.96 Å². The van der Waals surface area contributed by atoms with E-state index in [0.717, 1.165) is 88.6 Å². The first-order valence-electron chi connectivity index (χ1n) is 13.8. The number of nitrogens with two attached hydrogens (primary N) is 2. The summed E-state index contributed by atoms with van der Waals surface area (Å²) in [5.41, 5.74) is 9.13. The molecule has 8 nitrogen and oxygen atoms in total. The maximum absolute atomic E-state index is 7.49. The fourth-order valence-electron chi connectivity index (χ4n) is 5.05.